The summed E-state index contributed by atoms with van der Waals surface area (Å²) in [6.45, 7) is 9.12. The fourth-order valence-electron chi connectivity index (χ4n) is 2.30. The Morgan fingerprint density at radius 3 is 2.44 bits per heavy atom. The maximum atomic E-state index is 2.35. The predicted octanol–water partition coefficient (Wildman–Crippen LogP) is 5.31. The van der Waals surface area contributed by atoms with Crippen LogP contribution in [0.25, 0.3) is 0 Å². The first kappa shape index (κ1) is 13.3. The molecule has 1 aromatic rings. The van der Waals surface area contributed by atoms with E-state index in [9.17, 15) is 0 Å². The van der Waals surface area contributed by atoms with Gasteiger partial charge in [0, 0.05) is 0 Å². The number of rotatable bonds is 6. The van der Waals surface area contributed by atoms with Crippen LogP contribution in [0.5, 0.6) is 0 Å². The summed E-state index contributed by atoms with van der Waals surface area (Å²) in [6, 6.07) is 9.01. The first-order valence-corrected chi connectivity index (χ1v) is 6.70. The summed E-state index contributed by atoms with van der Waals surface area (Å²) in [4.78, 5) is 0. The molecule has 90 valence electrons. The Balaban J connectivity index is 2.53. The molecule has 0 N–H and O–H groups in total. The number of hydrogen-bond acceptors (Lipinski definition) is 0. The van der Waals surface area contributed by atoms with E-state index in [0.717, 1.165) is 11.8 Å². The Bertz CT molecular complexity index is 299. The molecule has 0 bridgehead atoms. The highest BCUT2D eigenvalue weighted by Crippen LogP contribution is 2.26. The topological polar surface area (TPSA) is 0 Å². The summed E-state index contributed by atoms with van der Waals surface area (Å²) in [5.74, 6) is 1.61. The molecule has 0 aromatic heterocycles. The maximum absolute atomic E-state index is 2.35. The van der Waals surface area contributed by atoms with Crippen LogP contribution in [0.1, 0.15) is 63.5 Å². The van der Waals surface area contributed by atoms with Crippen molar-refractivity contribution in [2.75, 3.05) is 0 Å². The second-order valence-electron chi connectivity index (χ2n) is 5.34. The molecule has 0 saturated carbocycles. The molecular formula is C16H26. The summed E-state index contributed by atoms with van der Waals surface area (Å²) in [6.07, 6.45) is 5.34. The minimum absolute atomic E-state index is 0.763. The lowest BCUT2D eigenvalue weighted by Crippen LogP contribution is -1.99. The zero-order valence-corrected chi connectivity index (χ0v) is 11.3. The van der Waals surface area contributed by atoms with Crippen LogP contribution in [0.2, 0.25) is 0 Å². The van der Waals surface area contributed by atoms with Gasteiger partial charge in [-0.3, -0.25) is 0 Å². The molecule has 1 atom stereocenters. The van der Waals surface area contributed by atoms with Gasteiger partial charge in [0.15, 0.2) is 0 Å². The first-order chi connectivity index (χ1) is 7.63. The van der Waals surface area contributed by atoms with Crippen molar-refractivity contribution in [3.05, 3.63) is 35.4 Å². The lowest BCUT2D eigenvalue weighted by atomic mass is 9.89. The fourth-order valence-corrected chi connectivity index (χ4v) is 2.30. The van der Waals surface area contributed by atoms with Crippen molar-refractivity contribution >= 4 is 0 Å². The molecule has 0 aliphatic rings. The zero-order valence-electron chi connectivity index (χ0n) is 11.3. The van der Waals surface area contributed by atoms with Gasteiger partial charge in [0.25, 0.3) is 0 Å². The molecule has 0 nitrogen and oxygen atoms in total. The van der Waals surface area contributed by atoms with Gasteiger partial charge in [-0.15, -0.1) is 0 Å². The Hall–Kier alpha value is -0.780. The van der Waals surface area contributed by atoms with E-state index in [1.54, 1.807) is 0 Å². The Kier molecular flexibility index (Phi) is 5.59. The van der Waals surface area contributed by atoms with Gasteiger partial charge in [0.2, 0.25) is 0 Å². The highest BCUT2D eigenvalue weighted by molar-refractivity contribution is 5.25. The molecule has 0 heteroatoms. The van der Waals surface area contributed by atoms with Crippen LogP contribution in [0.4, 0.5) is 0 Å². The molecule has 0 aliphatic heterocycles. The van der Waals surface area contributed by atoms with Gasteiger partial charge >= 0.3 is 0 Å². The summed E-state index contributed by atoms with van der Waals surface area (Å²) < 4.78 is 0. The van der Waals surface area contributed by atoms with Gasteiger partial charge in [-0.2, -0.15) is 0 Å². The van der Waals surface area contributed by atoms with Crippen LogP contribution in [-0.4, -0.2) is 0 Å². The average Bonchev–Trinajstić information content (AvgIpc) is 2.24. The quantitative estimate of drug-likeness (QED) is 0.606. The smallest absolute Gasteiger partial charge is 0.0164 e. The van der Waals surface area contributed by atoms with Gasteiger partial charge in [-0.05, 0) is 37.2 Å². The van der Waals surface area contributed by atoms with E-state index in [2.05, 4.69) is 52.0 Å². The maximum Gasteiger partial charge on any atom is -0.0164 e. The summed E-state index contributed by atoms with van der Waals surface area (Å²) in [7, 11) is 0. The first-order valence-electron chi connectivity index (χ1n) is 6.70. The Labute approximate surface area is 101 Å². The number of aryl methyl sites for hydroxylation is 1. The van der Waals surface area contributed by atoms with E-state index in [-0.39, 0.29) is 0 Å². The van der Waals surface area contributed by atoms with E-state index in [1.807, 2.05) is 0 Å². The highest BCUT2D eigenvalue weighted by atomic mass is 14.1. The van der Waals surface area contributed by atoms with Crippen molar-refractivity contribution in [3.63, 3.8) is 0 Å². The van der Waals surface area contributed by atoms with Gasteiger partial charge in [0.05, 0.1) is 0 Å². The van der Waals surface area contributed by atoms with Crippen LogP contribution >= 0.6 is 0 Å². The molecule has 1 unspecified atom stereocenters. The van der Waals surface area contributed by atoms with E-state index in [1.165, 1.54) is 36.8 Å². The standard InChI is InChI=1S/C16H26/c1-5-15(10-6-8-13(2)3)16-11-7-9-14(4)12-16/h7,9,11-13,15H,5-6,8,10H2,1-4H3. The lowest BCUT2D eigenvalue weighted by Gasteiger charge is -2.16. The van der Waals surface area contributed by atoms with Crippen LogP contribution in [-0.2, 0) is 0 Å². The van der Waals surface area contributed by atoms with Crippen molar-refractivity contribution < 1.29 is 0 Å². The molecule has 0 amide bonds. The molecular weight excluding hydrogens is 192 g/mol. The average molecular weight is 218 g/mol. The SMILES string of the molecule is CCC(CCCC(C)C)c1cccc(C)c1. The Morgan fingerprint density at radius 2 is 1.88 bits per heavy atom. The van der Waals surface area contributed by atoms with E-state index < -0.39 is 0 Å². The number of hydrogen-bond donors (Lipinski definition) is 0. The van der Waals surface area contributed by atoms with Crippen molar-refractivity contribution in [1.29, 1.82) is 0 Å². The van der Waals surface area contributed by atoms with Crippen molar-refractivity contribution in [3.8, 4) is 0 Å². The zero-order chi connectivity index (χ0) is 12.0. The van der Waals surface area contributed by atoms with E-state index in [4.69, 9.17) is 0 Å². The minimum Gasteiger partial charge on any atom is -0.0648 e. The molecule has 1 aromatic carbocycles. The van der Waals surface area contributed by atoms with Crippen LogP contribution in [0, 0.1) is 12.8 Å². The normalized spacial score (nSPS) is 13.1. The monoisotopic (exact) mass is 218 g/mol. The van der Waals surface area contributed by atoms with Crippen molar-refractivity contribution in [2.45, 2.75) is 59.3 Å². The molecule has 0 radical (unpaired) electrons. The highest BCUT2D eigenvalue weighted by Gasteiger charge is 2.09. The van der Waals surface area contributed by atoms with Crippen molar-refractivity contribution in [2.24, 2.45) is 5.92 Å². The molecule has 0 aliphatic carbocycles. The molecule has 1 rings (SSSR count). The van der Waals surface area contributed by atoms with Gasteiger partial charge in [-0.25, -0.2) is 0 Å². The molecule has 0 heterocycles. The molecule has 16 heavy (non-hydrogen) atoms. The van der Waals surface area contributed by atoms with Crippen LogP contribution in [0.3, 0.4) is 0 Å². The second-order valence-corrected chi connectivity index (χ2v) is 5.34. The fraction of sp³-hybridized carbons (Fsp3) is 0.625. The number of benzene rings is 1. The van der Waals surface area contributed by atoms with Gasteiger partial charge < -0.3 is 0 Å². The molecule has 0 fully saturated rings. The van der Waals surface area contributed by atoms with Crippen LogP contribution in [0.15, 0.2) is 24.3 Å². The van der Waals surface area contributed by atoms with Gasteiger partial charge in [0.1, 0.15) is 0 Å². The van der Waals surface area contributed by atoms with E-state index >= 15 is 0 Å². The largest absolute Gasteiger partial charge is 0.0648 e. The third-order valence-corrected chi connectivity index (χ3v) is 3.34. The second kappa shape index (κ2) is 6.73. The predicted molar refractivity (Wildman–Crippen MR) is 72.9 cm³/mol. The van der Waals surface area contributed by atoms with E-state index in [0.29, 0.717) is 0 Å². The summed E-state index contributed by atoms with van der Waals surface area (Å²) >= 11 is 0. The van der Waals surface area contributed by atoms with Crippen molar-refractivity contribution in [1.82, 2.24) is 0 Å². The Morgan fingerprint density at radius 1 is 1.12 bits per heavy atom. The molecule has 0 spiro atoms. The van der Waals surface area contributed by atoms with Gasteiger partial charge in [-0.1, -0.05) is 63.4 Å². The summed E-state index contributed by atoms with van der Waals surface area (Å²) in [5.41, 5.74) is 2.92. The lowest BCUT2D eigenvalue weighted by molar-refractivity contribution is 0.493. The van der Waals surface area contributed by atoms with Crippen LogP contribution < -0.4 is 0 Å². The molecule has 0 saturated heterocycles. The third-order valence-electron chi connectivity index (χ3n) is 3.34. The summed E-state index contributed by atoms with van der Waals surface area (Å²) in [5, 5.41) is 0. The minimum atomic E-state index is 0.763. The third kappa shape index (κ3) is 4.38.